The highest BCUT2D eigenvalue weighted by Gasteiger charge is 2.25. The first-order valence-corrected chi connectivity index (χ1v) is 9.91. The number of carbonyl (C=O) groups excluding carboxylic acids is 1. The summed E-state index contributed by atoms with van der Waals surface area (Å²) < 4.78 is 0. The first-order valence-electron chi connectivity index (χ1n) is 8.71. The molecule has 6 heteroatoms. The van der Waals surface area contributed by atoms with E-state index in [1.807, 2.05) is 25.3 Å². The smallest absolute Gasteiger partial charge is 0.229 e. The number of anilines is 1. The van der Waals surface area contributed by atoms with Crippen LogP contribution in [0.2, 0.25) is 5.02 Å². The monoisotopic (exact) mass is 387 g/mol. The van der Waals surface area contributed by atoms with E-state index in [0.29, 0.717) is 11.7 Å². The van der Waals surface area contributed by atoms with E-state index in [1.54, 1.807) is 0 Å². The highest BCUT2D eigenvalue weighted by atomic mass is 35.5. The normalized spacial score (nSPS) is 15.6. The molecule has 1 aromatic heterocycles. The van der Waals surface area contributed by atoms with Gasteiger partial charge in [-0.15, -0.1) is 17.8 Å². The summed E-state index contributed by atoms with van der Waals surface area (Å²) in [5.41, 5.74) is 2.21. The van der Waals surface area contributed by atoms with Crippen molar-refractivity contribution in [1.82, 2.24) is 9.88 Å². The minimum atomic E-state index is 0.0345. The van der Waals surface area contributed by atoms with Gasteiger partial charge in [-0.3, -0.25) is 9.69 Å². The van der Waals surface area contributed by atoms with Gasteiger partial charge in [-0.25, -0.2) is 4.98 Å². The number of benzene rings is 1. The summed E-state index contributed by atoms with van der Waals surface area (Å²) in [6.07, 6.45) is 9.61. The summed E-state index contributed by atoms with van der Waals surface area (Å²) in [6, 6.07) is 6.08. The van der Waals surface area contributed by atoms with Crippen molar-refractivity contribution in [2.45, 2.75) is 26.2 Å². The van der Waals surface area contributed by atoms with Gasteiger partial charge in [0.25, 0.3) is 0 Å². The van der Waals surface area contributed by atoms with Crippen molar-refractivity contribution in [3.63, 3.8) is 0 Å². The first kappa shape index (κ1) is 18.9. The zero-order chi connectivity index (χ0) is 18.5. The van der Waals surface area contributed by atoms with E-state index in [0.717, 1.165) is 53.4 Å². The van der Waals surface area contributed by atoms with Crippen molar-refractivity contribution in [2.24, 2.45) is 5.92 Å². The second-order valence-corrected chi connectivity index (χ2v) is 8.16. The molecule has 0 spiro atoms. The Morgan fingerprint density at radius 3 is 2.92 bits per heavy atom. The van der Waals surface area contributed by atoms with Gasteiger partial charge in [0.05, 0.1) is 6.54 Å². The summed E-state index contributed by atoms with van der Waals surface area (Å²) in [5, 5.41) is 4.40. The number of nitrogens with one attached hydrogen (secondary N) is 1. The Labute approximate surface area is 163 Å². The highest BCUT2D eigenvalue weighted by molar-refractivity contribution is 7.15. The Balaban J connectivity index is 1.54. The number of amides is 1. The highest BCUT2D eigenvalue weighted by Crippen LogP contribution is 2.25. The molecule has 1 amide bonds. The summed E-state index contributed by atoms with van der Waals surface area (Å²) in [4.78, 5) is 20.1. The number of nitrogens with zero attached hydrogens (tertiary/aromatic N) is 2. The number of terminal acetylenes is 1. The van der Waals surface area contributed by atoms with Crippen LogP contribution in [0.15, 0.2) is 24.4 Å². The number of halogens is 1. The molecule has 26 heavy (non-hydrogen) atoms. The Kier molecular flexibility index (Phi) is 6.31. The predicted octanol–water partition coefficient (Wildman–Crippen LogP) is 3.98. The Morgan fingerprint density at radius 2 is 2.23 bits per heavy atom. The molecule has 2 aromatic rings. The van der Waals surface area contributed by atoms with E-state index >= 15 is 0 Å². The number of carbonyl (C=O) groups is 1. The number of hydrogen-bond acceptors (Lipinski definition) is 4. The molecule has 0 radical (unpaired) electrons. The lowest BCUT2D eigenvalue weighted by Gasteiger charge is -2.29. The van der Waals surface area contributed by atoms with Crippen molar-refractivity contribution >= 4 is 34.0 Å². The van der Waals surface area contributed by atoms with E-state index < -0.39 is 0 Å². The van der Waals surface area contributed by atoms with Crippen LogP contribution in [0.5, 0.6) is 0 Å². The standard InChI is InChI=1S/C20H22ClN3OS/c1-3-8-24-9-6-16(7-10-24)19(25)23-20-22-13-17(26-20)11-15-5-4-14(2)18(21)12-15/h1,4-5,12-13,16H,6-11H2,2H3,(H,22,23,25). The first-order chi connectivity index (χ1) is 12.5. The van der Waals surface area contributed by atoms with Gasteiger partial charge in [0, 0.05) is 28.4 Å². The van der Waals surface area contributed by atoms with Gasteiger partial charge in [0.2, 0.25) is 5.91 Å². The van der Waals surface area contributed by atoms with E-state index in [9.17, 15) is 4.79 Å². The molecule has 136 valence electrons. The van der Waals surface area contributed by atoms with Gasteiger partial charge >= 0.3 is 0 Å². The van der Waals surface area contributed by atoms with Crippen LogP contribution < -0.4 is 5.32 Å². The summed E-state index contributed by atoms with van der Waals surface area (Å²) in [6.45, 7) is 4.40. The molecule has 3 rings (SSSR count). The van der Waals surface area contributed by atoms with Crippen LogP contribution in [0.1, 0.15) is 28.8 Å². The molecule has 1 fully saturated rings. The number of aryl methyl sites for hydroxylation is 1. The van der Waals surface area contributed by atoms with Gasteiger partial charge in [0.15, 0.2) is 5.13 Å². The molecule has 2 heterocycles. The van der Waals surface area contributed by atoms with E-state index in [4.69, 9.17) is 18.0 Å². The van der Waals surface area contributed by atoms with Crippen molar-refractivity contribution in [1.29, 1.82) is 0 Å². The summed E-state index contributed by atoms with van der Waals surface area (Å²) in [7, 11) is 0. The van der Waals surface area contributed by atoms with Crippen LogP contribution in [0.4, 0.5) is 5.13 Å². The molecule has 1 aliphatic heterocycles. The molecule has 0 unspecified atom stereocenters. The molecule has 0 bridgehead atoms. The van der Waals surface area contributed by atoms with Crippen LogP contribution in [-0.2, 0) is 11.2 Å². The van der Waals surface area contributed by atoms with E-state index in [2.05, 4.69) is 27.2 Å². The number of aromatic nitrogens is 1. The molecule has 0 aliphatic carbocycles. The third-order valence-corrected chi connectivity index (χ3v) is 5.99. The molecular weight excluding hydrogens is 366 g/mol. The molecular formula is C20H22ClN3OS. The molecule has 1 N–H and O–H groups in total. The maximum atomic E-state index is 12.5. The van der Waals surface area contributed by atoms with Gasteiger partial charge in [-0.2, -0.15) is 0 Å². The van der Waals surface area contributed by atoms with Crippen LogP contribution in [0.25, 0.3) is 0 Å². The average Bonchev–Trinajstić information content (AvgIpc) is 3.06. The maximum Gasteiger partial charge on any atom is 0.229 e. The Morgan fingerprint density at radius 1 is 1.46 bits per heavy atom. The molecule has 1 saturated heterocycles. The molecule has 1 aromatic carbocycles. The van der Waals surface area contributed by atoms with Gasteiger partial charge in [-0.05, 0) is 50.0 Å². The third-order valence-electron chi connectivity index (χ3n) is 4.67. The number of likely N-dealkylation sites (tertiary alicyclic amines) is 1. The second kappa shape index (κ2) is 8.68. The molecule has 0 saturated carbocycles. The van der Waals surface area contributed by atoms with Crippen LogP contribution in [0.3, 0.4) is 0 Å². The lowest BCUT2D eigenvalue weighted by Crippen LogP contribution is -2.38. The van der Waals surface area contributed by atoms with E-state index in [-0.39, 0.29) is 11.8 Å². The fourth-order valence-electron chi connectivity index (χ4n) is 3.08. The second-order valence-electron chi connectivity index (χ2n) is 6.64. The fraction of sp³-hybridized carbons (Fsp3) is 0.400. The molecule has 0 atom stereocenters. The predicted molar refractivity (Wildman–Crippen MR) is 108 cm³/mol. The topological polar surface area (TPSA) is 45.2 Å². The Hall–Kier alpha value is -1.87. The quantitative estimate of drug-likeness (QED) is 0.789. The van der Waals surface area contributed by atoms with Crippen molar-refractivity contribution in [2.75, 3.05) is 25.0 Å². The zero-order valence-corrected chi connectivity index (χ0v) is 16.4. The lowest BCUT2D eigenvalue weighted by atomic mass is 9.96. The third kappa shape index (κ3) is 4.85. The maximum absolute atomic E-state index is 12.5. The summed E-state index contributed by atoms with van der Waals surface area (Å²) in [5.74, 6) is 2.75. The van der Waals surface area contributed by atoms with Crippen molar-refractivity contribution in [3.05, 3.63) is 45.4 Å². The van der Waals surface area contributed by atoms with Crippen molar-refractivity contribution < 1.29 is 4.79 Å². The number of piperidine rings is 1. The fourth-order valence-corrected chi connectivity index (χ4v) is 4.14. The van der Waals surface area contributed by atoms with Gasteiger partial charge in [0.1, 0.15) is 0 Å². The average molecular weight is 388 g/mol. The van der Waals surface area contributed by atoms with Crippen LogP contribution >= 0.6 is 22.9 Å². The SMILES string of the molecule is C#CCN1CCC(C(=O)Nc2ncc(Cc3ccc(C)c(Cl)c3)s2)CC1. The number of thiazole rings is 1. The van der Waals surface area contributed by atoms with Gasteiger partial charge < -0.3 is 5.32 Å². The minimum Gasteiger partial charge on any atom is -0.302 e. The van der Waals surface area contributed by atoms with Crippen LogP contribution in [-0.4, -0.2) is 35.4 Å². The number of hydrogen-bond donors (Lipinski definition) is 1. The largest absolute Gasteiger partial charge is 0.302 e. The van der Waals surface area contributed by atoms with Gasteiger partial charge in [-0.1, -0.05) is 29.7 Å². The van der Waals surface area contributed by atoms with Crippen molar-refractivity contribution in [3.8, 4) is 12.3 Å². The minimum absolute atomic E-state index is 0.0345. The lowest BCUT2D eigenvalue weighted by molar-refractivity contribution is -0.121. The van der Waals surface area contributed by atoms with E-state index in [1.165, 1.54) is 11.3 Å². The van der Waals surface area contributed by atoms with Crippen LogP contribution in [0, 0.1) is 25.2 Å². The number of rotatable bonds is 5. The summed E-state index contributed by atoms with van der Waals surface area (Å²) >= 11 is 7.70. The molecule has 4 nitrogen and oxygen atoms in total. The molecule has 1 aliphatic rings. The Bertz CT molecular complexity index is 819. The zero-order valence-electron chi connectivity index (χ0n) is 14.8.